The van der Waals surface area contributed by atoms with Gasteiger partial charge < -0.3 is 5.73 Å². The largest absolute Gasteiger partial charge is 0.369 e. The summed E-state index contributed by atoms with van der Waals surface area (Å²) in [5.41, 5.74) is 7.13. The van der Waals surface area contributed by atoms with E-state index < -0.39 is 0 Å². The second-order valence-corrected chi connectivity index (χ2v) is 4.87. The van der Waals surface area contributed by atoms with Crippen LogP contribution in [0.2, 0.25) is 5.15 Å². The average molecular weight is 273 g/mol. The molecular weight excluding hydrogens is 252 g/mol. The molecule has 0 aromatic carbocycles. The molecule has 6 heteroatoms. The van der Waals surface area contributed by atoms with Gasteiger partial charge in [0.25, 0.3) is 0 Å². The van der Waals surface area contributed by atoms with Crippen molar-refractivity contribution in [3.05, 3.63) is 16.4 Å². The Morgan fingerprint density at radius 2 is 2.22 bits per heavy atom. The van der Waals surface area contributed by atoms with Gasteiger partial charge in [-0.1, -0.05) is 24.9 Å². The predicted octanol–water partition coefficient (Wildman–Crippen LogP) is 1.47. The van der Waals surface area contributed by atoms with E-state index >= 15 is 0 Å². The number of halogens is 1. The molecule has 1 rings (SSSR count). The topological polar surface area (TPSA) is 64.2 Å². The Balaban J connectivity index is 2.77. The summed E-state index contributed by atoms with van der Waals surface area (Å²) in [5, 5.41) is 4.89. The zero-order chi connectivity index (χ0) is 13.7. The van der Waals surface area contributed by atoms with E-state index in [0.717, 1.165) is 30.6 Å². The van der Waals surface area contributed by atoms with Gasteiger partial charge in [-0.15, -0.1) is 0 Å². The molecule has 18 heavy (non-hydrogen) atoms. The highest BCUT2D eigenvalue weighted by molar-refractivity contribution is 6.30. The minimum absolute atomic E-state index is 0.255. The normalized spacial score (nSPS) is 11.2. The maximum atomic E-state index is 11.1. The van der Waals surface area contributed by atoms with Gasteiger partial charge in [-0.2, -0.15) is 5.10 Å². The van der Waals surface area contributed by atoms with Gasteiger partial charge in [0.15, 0.2) is 0 Å². The van der Waals surface area contributed by atoms with Crippen LogP contribution in [-0.2, 0) is 18.4 Å². The van der Waals surface area contributed by atoms with Crippen LogP contribution in [0.25, 0.3) is 0 Å². The fourth-order valence-corrected chi connectivity index (χ4v) is 2.13. The molecule has 0 saturated heterocycles. The van der Waals surface area contributed by atoms with Crippen molar-refractivity contribution in [1.29, 1.82) is 0 Å². The molecule has 5 nitrogen and oxygen atoms in total. The lowest BCUT2D eigenvalue weighted by atomic mass is 10.2. The Kier molecular flexibility index (Phi) is 5.62. The number of aryl methyl sites for hydroxylation is 2. The maximum absolute atomic E-state index is 11.1. The number of carbonyl (C=O) groups excluding carboxylic acids is 1. The SMILES string of the molecule is CCCCN(CC(N)=O)Cc1c(C)nn(C)c1Cl. The number of primary amides is 1. The second kappa shape index (κ2) is 6.75. The van der Waals surface area contributed by atoms with Crippen molar-refractivity contribution in [2.45, 2.75) is 33.2 Å². The van der Waals surface area contributed by atoms with Crippen LogP contribution < -0.4 is 5.73 Å². The van der Waals surface area contributed by atoms with Crippen LogP contribution in [0.3, 0.4) is 0 Å². The fourth-order valence-electron chi connectivity index (χ4n) is 1.89. The maximum Gasteiger partial charge on any atom is 0.231 e. The number of nitrogens with two attached hydrogens (primary N) is 1. The van der Waals surface area contributed by atoms with Crippen LogP contribution in [0.1, 0.15) is 31.0 Å². The quantitative estimate of drug-likeness (QED) is 0.817. The Labute approximate surface area is 113 Å². The van der Waals surface area contributed by atoms with Crippen molar-refractivity contribution in [2.75, 3.05) is 13.1 Å². The van der Waals surface area contributed by atoms with Crippen LogP contribution in [0.4, 0.5) is 0 Å². The third-order valence-electron chi connectivity index (χ3n) is 2.86. The summed E-state index contributed by atoms with van der Waals surface area (Å²) in [6.45, 7) is 5.74. The number of unbranched alkanes of at least 4 members (excludes halogenated alkanes) is 1. The van der Waals surface area contributed by atoms with Gasteiger partial charge >= 0.3 is 0 Å². The first-order valence-corrected chi connectivity index (χ1v) is 6.52. The van der Waals surface area contributed by atoms with Crippen LogP contribution >= 0.6 is 11.6 Å². The lowest BCUT2D eigenvalue weighted by Gasteiger charge is -2.20. The first-order chi connectivity index (χ1) is 8.45. The Morgan fingerprint density at radius 1 is 1.56 bits per heavy atom. The van der Waals surface area contributed by atoms with E-state index in [0.29, 0.717) is 11.7 Å². The molecule has 0 aliphatic heterocycles. The highest BCUT2D eigenvalue weighted by Gasteiger charge is 2.16. The monoisotopic (exact) mass is 272 g/mol. The molecule has 0 aliphatic rings. The van der Waals surface area contributed by atoms with Crippen molar-refractivity contribution in [1.82, 2.24) is 14.7 Å². The molecule has 0 atom stereocenters. The number of hydrogen-bond acceptors (Lipinski definition) is 3. The number of carbonyl (C=O) groups is 1. The lowest BCUT2D eigenvalue weighted by molar-refractivity contribution is -0.119. The third kappa shape index (κ3) is 3.99. The summed E-state index contributed by atoms with van der Waals surface area (Å²) < 4.78 is 1.65. The van der Waals surface area contributed by atoms with E-state index in [9.17, 15) is 4.79 Å². The molecule has 0 radical (unpaired) electrons. The summed E-state index contributed by atoms with van der Waals surface area (Å²) in [5.74, 6) is -0.316. The molecule has 102 valence electrons. The van der Waals surface area contributed by atoms with Crippen LogP contribution in [0, 0.1) is 6.92 Å². The first-order valence-electron chi connectivity index (χ1n) is 6.14. The molecule has 0 spiro atoms. The van der Waals surface area contributed by atoms with E-state index in [2.05, 4.69) is 12.0 Å². The van der Waals surface area contributed by atoms with Gasteiger partial charge in [0.05, 0.1) is 12.2 Å². The minimum Gasteiger partial charge on any atom is -0.369 e. The van der Waals surface area contributed by atoms with E-state index in [-0.39, 0.29) is 12.5 Å². The van der Waals surface area contributed by atoms with Crippen molar-refractivity contribution in [3.63, 3.8) is 0 Å². The number of hydrogen-bond donors (Lipinski definition) is 1. The summed E-state index contributed by atoms with van der Waals surface area (Å²) in [6.07, 6.45) is 2.11. The van der Waals surface area contributed by atoms with E-state index in [1.165, 1.54) is 0 Å². The molecule has 0 fully saturated rings. The van der Waals surface area contributed by atoms with Crippen molar-refractivity contribution in [2.24, 2.45) is 12.8 Å². The predicted molar refractivity (Wildman–Crippen MR) is 72.3 cm³/mol. The van der Waals surface area contributed by atoms with Crippen LogP contribution in [0.15, 0.2) is 0 Å². The third-order valence-corrected chi connectivity index (χ3v) is 3.33. The van der Waals surface area contributed by atoms with Gasteiger partial charge in [0, 0.05) is 19.2 Å². The second-order valence-electron chi connectivity index (χ2n) is 4.51. The highest BCUT2D eigenvalue weighted by atomic mass is 35.5. The molecule has 0 aliphatic carbocycles. The average Bonchev–Trinajstić information content (AvgIpc) is 2.52. The van der Waals surface area contributed by atoms with Gasteiger partial charge in [-0.3, -0.25) is 14.4 Å². The van der Waals surface area contributed by atoms with Crippen LogP contribution in [0.5, 0.6) is 0 Å². The zero-order valence-electron chi connectivity index (χ0n) is 11.2. The standard InChI is InChI=1S/C12H21ClN4O/c1-4-5-6-17(8-11(14)18)7-10-9(2)15-16(3)12(10)13/h4-8H2,1-3H3,(H2,14,18). The Morgan fingerprint density at radius 3 is 2.67 bits per heavy atom. The molecule has 1 aromatic heterocycles. The molecule has 1 heterocycles. The van der Waals surface area contributed by atoms with Crippen molar-refractivity contribution in [3.8, 4) is 0 Å². The molecular formula is C12H21ClN4O. The lowest BCUT2D eigenvalue weighted by Crippen LogP contribution is -2.34. The van der Waals surface area contributed by atoms with E-state index in [4.69, 9.17) is 17.3 Å². The Hall–Kier alpha value is -1.07. The van der Waals surface area contributed by atoms with Crippen molar-refractivity contribution < 1.29 is 4.79 Å². The number of rotatable bonds is 7. The summed E-state index contributed by atoms with van der Waals surface area (Å²) in [6, 6.07) is 0. The van der Waals surface area contributed by atoms with E-state index in [1.807, 2.05) is 18.9 Å². The first kappa shape index (κ1) is 15.0. The molecule has 0 saturated carbocycles. The smallest absolute Gasteiger partial charge is 0.231 e. The molecule has 1 aromatic rings. The van der Waals surface area contributed by atoms with Gasteiger partial charge in [0.1, 0.15) is 5.15 Å². The summed E-state index contributed by atoms with van der Waals surface area (Å²) in [4.78, 5) is 13.1. The summed E-state index contributed by atoms with van der Waals surface area (Å²) in [7, 11) is 1.81. The fraction of sp³-hybridized carbons (Fsp3) is 0.667. The van der Waals surface area contributed by atoms with Gasteiger partial charge in [-0.05, 0) is 19.9 Å². The number of nitrogens with zero attached hydrogens (tertiary/aromatic N) is 3. The Bertz CT molecular complexity index is 416. The zero-order valence-corrected chi connectivity index (χ0v) is 12.0. The molecule has 0 unspecified atom stereocenters. The highest BCUT2D eigenvalue weighted by Crippen LogP contribution is 2.20. The van der Waals surface area contributed by atoms with Gasteiger partial charge in [0.2, 0.25) is 5.91 Å². The van der Waals surface area contributed by atoms with E-state index in [1.54, 1.807) is 4.68 Å². The van der Waals surface area contributed by atoms with Crippen molar-refractivity contribution >= 4 is 17.5 Å². The molecule has 2 N–H and O–H groups in total. The van der Waals surface area contributed by atoms with Crippen LogP contribution in [-0.4, -0.2) is 33.7 Å². The summed E-state index contributed by atoms with van der Waals surface area (Å²) >= 11 is 6.19. The minimum atomic E-state index is -0.316. The molecule has 0 bridgehead atoms. The number of amides is 1. The van der Waals surface area contributed by atoms with Gasteiger partial charge in [-0.25, -0.2) is 0 Å². The number of aromatic nitrogens is 2. The molecule has 1 amide bonds.